The molecule has 0 spiro atoms. The largest absolute Gasteiger partial charge is 0.493 e. The summed E-state index contributed by atoms with van der Waals surface area (Å²) in [5.74, 6) is 1.25. The van der Waals surface area contributed by atoms with Crippen molar-refractivity contribution in [2.75, 3.05) is 7.11 Å². The molecule has 6 heteroatoms. The number of benzene rings is 2. The minimum absolute atomic E-state index is 0.103. The van der Waals surface area contributed by atoms with Crippen LogP contribution in [0.15, 0.2) is 47.6 Å². The number of thiocarbonyl (C=S) groups is 1. The van der Waals surface area contributed by atoms with Crippen molar-refractivity contribution in [2.24, 2.45) is 10.8 Å². The first-order valence-corrected chi connectivity index (χ1v) is 7.45. The Morgan fingerprint density at radius 3 is 2.78 bits per heavy atom. The molecule has 0 aliphatic rings. The molecule has 0 amide bonds. The lowest BCUT2D eigenvalue weighted by Crippen LogP contribution is -2.24. The molecular formula is C17H19N3O2S. The molecule has 0 unspecified atom stereocenters. The fourth-order valence-electron chi connectivity index (χ4n) is 2.07. The highest BCUT2D eigenvalue weighted by Gasteiger charge is 2.09. The van der Waals surface area contributed by atoms with E-state index in [4.69, 9.17) is 27.4 Å². The lowest BCUT2D eigenvalue weighted by Gasteiger charge is -2.13. The van der Waals surface area contributed by atoms with E-state index in [9.17, 15) is 0 Å². The van der Waals surface area contributed by atoms with Crippen molar-refractivity contribution in [1.29, 1.82) is 0 Å². The molecule has 2 aromatic carbocycles. The maximum absolute atomic E-state index is 5.95. The summed E-state index contributed by atoms with van der Waals surface area (Å²) in [5.41, 5.74) is 10.9. The summed E-state index contributed by atoms with van der Waals surface area (Å²) >= 11 is 4.72. The number of hydrogen-bond acceptors (Lipinski definition) is 4. The van der Waals surface area contributed by atoms with Gasteiger partial charge in [0.2, 0.25) is 0 Å². The van der Waals surface area contributed by atoms with Crippen LogP contribution in [0.25, 0.3) is 0 Å². The molecule has 2 rings (SSSR count). The van der Waals surface area contributed by atoms with Crippen molar-refractivity contribution in [3.05, 3.63) is 59.2 Å². The van der Waals surface area contributed by atoms with Crippen LogP contribution in [-0.4, -0.2) is 18.4 Å². The van der Waals surface area contributed by atoms with Crippen molar-refractivity contribution < 1.29 is 9.47 Å². The molecule has 0 fully saturated rings. The molecule has 0 radical (unpaired) electrons. The van der Waals surface area contributed by atoms with E-state index in [2.05, 4.69) is 16.6 Å². The smallest absolute Gasteiger partial charge is 0.184 e. The monoisotopic (exact) mass is 329 g/mol. The number of hydrazone groups is 1. The molecule has 0 aromatic heterocycles. The van der Waals surface area contributed by atoms with Gasteiger partial charge in [-0.3, -0.25) is 5.43 Å². The molecule has 0 atom stereocenters. The third-order valence-electron chi connectivity index (χ3n) is 3.07. The highest BCUT2D eigenvalue weighted by Crippen LogP contribution is 2.30. The number of methoxy groups -OCH3 is 1. The first kappa shape index (κ1) is 16.8. The fraction of sp³-hybridized carbons (Fsp3) is 0.176. The van der Waals surface area contributed by atoms with Gasteiger partial charge in [-0.25, -0.2) is 0 Å². The first-order chi connectivity index (χ1) is 11.1. The summed E-state index contributed by atoms with van der Waals surface area (Å²) < 4.78 is 11.3. The third-order valence-corrected chi connectivity index (χ3v) is 3.16. The first-order valence-electron chi connectivity index (χ1n) is 7.04. The Morgan fingerprint density at radius 1 is 1.30 bits per heavy atom. The lowest BCUT2D eigenvalue weighted by molar-refractivity contribution is 0.284. The van der Waals surface area contributed by atoms with E-state index in [1.165, 1.54) is 5.56 Å². The molecular weight excluding hydrogens is 310 g/mol. The standard InChI is InChI=1S/C17H19N3O2S/c1-12-5-3-6-13(9-12)11-22-16-14(10-19-20-17(18)23)7-4-8-15(16)21-2/h3-10H,11H2,1-2H3,(H3,18,20,23)/b19-10-. The van der Waals surface area contributed by atoms with Gasteiger partial charge in [-0.15, -0.1) is 0 Å². The van der Waals surface area contributed by atoms with Crippen LogP contribution in [-0.2, 0) is 6.61 Å². The summed E-state index contributed by atoms with van der Waals surface area (Å²) in [4.78, 5) is 0. The van der Waals surface area contributed by atoms with Gasteiger partial charge < -0.3 is 15.2 Å². The van der Waals surface area contributed by atoms with Gasteiger partial charge in [0.1, 0.15) is 6.61 Å². The Labute approximate surface area is 141 Å². The average Bonchev–Trinajstić information content (AvgIpc) is 2.53. The van der Waals surface area contributed by atoms with Gasteiger partial charge in [0.15, 0.2) is 16.6 Å². The third kappa shape index (κ3) is 4.96. The van der Waals surface area contributed by atoms with E-state index in [-0.39, 0.29) is 5.11 Å². The summed E-state index contributed by atoms with van der Waals surface area (Å²) in [6.07, 6.45) is 1.59. The number of hydrogen-bond donors (Lipinski definition) is 2. The summed E-state index contributed by atoms with van der Waals surface area (Å²) in [7, 11) is 1.60. The number of para-hydroxylation sites is 1. The Hall–Kier alpha value is -2.60. The van der Waals surface area contributed by atoms with Crippen LogP contribution in [0, 0.1) is 6.92 Å². The molecule has 120 valence electrons. The Kier molecular flexibility index (Phi) is 5.94. The van der Waals surface area contributed by atoms with E-state index in [0.29, 0.717) is 18.1 Å². The van der Waals surface area contributed by atoms with Gasteiger partial charge in [0.25, 0.3) is 0 Å². The molecule has 23 heavy (non-hydrogen) atoms. The zero-order valence-electron chi connectivity index (χ0n) is 13.1. The summed E-state index contributed by atoms with van der Waals surface area (Å²) in [5, 5.41) is 4.07. The minimum Gasteiger partial charge on any atom is -0.493 e. The number of nitrogens with two attached hydrogens (primary N) is 1. The minimum atomic E-state index is 0.103. The molecule has 0 saturated carbocycles. The van der Waals surface area contributed by atoms with Crippen LogP contribution in [0.5, 0.6) is 11.5 Å². The summed E-state index contributed by atoms with van der Waals surface area (Å²) in [6.45, 7) is 2.48. The Bertz CT molecular complexity index is 717. The summed E-state index contributed by atoms with van der Waals surface area (Å²) in [6, 6.07) is 13.7. The van der Waals surface area contributed by atoms with Gasteiger partial charge >= 0.3 is 0 Å². The second-order valence-corrected chi connectivity index (χ2v) is 5.33. The Balaban J connectivity index is 2.21. The number of nitrogens with one attached hydrogen (secondary N) is 1. The van der Waals surface area contributed by atoms with Crippen molar-refractivity contribution in [3.63, 3.8) is 0 Å². The van der Waals surface area contributed by atoms with E-state index < -0.39 is 0 Å². The zero-order chi connectivity index (χ0) is 16.7. The van der Waals surface area contributed by atoms with Crippen LogP contribution in [0.1, 0.15) is 16.7 Å². The number of aryl methyl sites for hydroxylation is 1. The normalized spacial score (nSPS) is 10.5. The van der Waals surface area contributed by atoms with E-state index in [1.807, 2.05) is 43.3 Å². The second kappa shape index (κ2) is 8.14. The maximum Gasteiger partial charge on any atom is 0.184 e. The van der Waals surface area contributed by atoms with E-state index in [0.717, 1.165) is 11.1 Å². The topological polar surface area (TPSA) is 68.9 Å². The molecule has 0 heterocycles. The van der Waals surface area contributed by atoms with Crippen LogP contribution in [0.4, 0.5) is 0 Å². The van der Waals surface area contributed by atoms with Crippen molar-refractivity contribution in [2.45, 2.75) is 13.5 Å². The number of nitrogens with zero attached hydrogens (tertiary/aromatic N) is 1. The van der Waals surface area contributed by atoms with Crippen LogP contribution in [0.2, 0.25) is 0 Å². The molecule has 5 nitrogen and oxygen atoms in total. The van der Waals surface area contributed by atoms with Gasteiger partial charge in [0, 0.05) is 5.56 Å². The van der Waals surface area contributed by atoms with Crippen LogP contribution < -0.4 is 20.6 Å². The van der Waals surface area contributed by atoms with Crippen molar-refractivity contribution in [3.8, 4) is 11.5 Å². The zero-order valence-corrected chi connectivity index (χ0v) is 13.9. The fourth-order valence-corrected chi connectivity index (χ4v) is 2.13. The molecule has 0 aliphatic carbocycles. The Morgan fingerprint density at radius 2 is 2.09 bits per heavy atom. The molecule has 0 bridgehead atoms. The lowest BCUT2D eigenvalue weighted by atomic mass is 10.1. The molecule has 0 saturated heterocycles. The van der Waals surface area contributed by atoms with Gasteiger partial charge in [-0.2, -0.15) is 5.10 Å². The average molecular weight is 329 g/mol. The van der Waals surface area contributed by atoms with Crippen molar-refractivity contribution >= 4 is 23.5 Å². The molecule has 3 N–H and O–H groups in total. The molecule has 2 aromatic rings. The predicted octanol–water partition coefficient (Wildman–Crippen LogP) is 2.75. The van der Waals surface area contributed by atoms with E-state index >= 15 is 0 Å². The molecule has 0 aliphatic heterocycles. The van der Waals surface area contributed by atoms with Gasteiger partial charge in [-0.05, 0) is 36.8 Å². The highest BCUT2D eigenvalue weighted by atomic mass is 32.1. The number of rotatable bonds is 6. The second-order valence-electron chi connectivity index (χ2n) is 4.89. The van der Waals surface area contributed by atoms with Gasteiger partial charge in [0.05, 0.1) is 13.3 Å². The SMILES string of the molecule is COc1cccc(/C=N\NC(N)=S)c1OCc1cccc(C)c1. The van der Waals surface area contributed by atoms with E-state index in [1.54, 1.807) is 13.3 Å². The predicted molar refractivity (Wildman–Crippen MR) is 96.0 cm³/mol. The van der Waals surface area contributed by atoms with Crippen molar-refractivity contribution in [1.82, 2.24) is 5.43 Å². The quantitative estimate of drug-likeness (QED) is 0.484. The number of ether oxygens (including phenoxy) is 2. The van der Waals surface area contributed by atoms with Crippen LogP contribution >= 0.6 is 12.2 Å². The highest BCUT2D eigenvalue weighted by molar-refractivity contribution is 7.80. The maximum atomic E-state index is 5.95. The van der Waals surface area contributed by atoms with Crippen LogP contribution in [0.3, 0.4) is 0 Å². The van der Waals surface area contributed by atoms with Gasteiger partial charge in [-0.1, -0.05) is 35.9 Å².